The number of amides is 1. The molecule has 3 nitrogen and oxygen atoms in total. The molecular formula is C12H17FN2O. The van der Waals surface area contributed by atoms with E-state index in [0.29, 0.717) is 12.1 Å². The SMILES string of the molecule is CC(N)CCCNC(=O)c1ccc(F)cc1. The minimum Gasteiger partial charge on any atom is -0.352 e. The second-order valence-electron chi connectivity index (χ2n) is 3.88. The first kappa shape index (κ1) is 12.6. The third-order valence-corrected chi connectivity index (χ3v) is 2.23. The molecule has 0 aromatic heterocycles. The highest BCUT2D eigenvalue weighted by atomic mass is 19.1. The van der Waals surface area contributed by atoms with Gasteiger partial charge in [0.1, 0.15) is 5.82 Å². The Bertz CT molecular complexity index is 335. The van der Waals surface area contributed by atoms with Crippen LogP contribution in [0.15, 0.2) is 24.3 Å². The third-order valence-electron chi connectivity index (χ3n) is 2.23. The van der Waals surface area contributed by atoms with Crippen LogP contribution in [0.1, 0.15) is 30.1 Å². The van der Waals surface area contributed by atoms with Gasteiger partial charge in [0.2, 0.25) is 0 Å². The van der Waals surface area contributed by atoms with E-state index in [2.05, 4.69) is 5.32 Å². The van der Waals surface area contributed by atoms with Crippen molar-refractivity contribution in [3.8, 4) is 0 Å². The molecule has 3 N–H and O–H groups in total. The Hall–Kier alpha value is -1.42. The van der Waals surface area contributed by atoms with E-state index in [1.807, 2.05) is 6.92 Å². The van der Waals surface area contributed by atoms with E-state index in [1.165, 1.54) is 24.3 Å². The van der Waals surface area contributed by atoms with Crippen LogP contribution in [-0.4, -0.2) is 18.5 Å². The van der Waals surface area contributed by atoms with Gasteiger partial charge in [-0.3, -0.25) is 4.79 Å². The van der Waals surface area contributed by atoms with Gasteiger partial charge in [0.05, 0.1) is 0 Å². The summed E-state index contributed by atoms with van der Waals surface area (Å²) in [4.78, 5) is 11.5. The summed E-state index contributed by atoms with van der Waals surface area (Å²) in [5.41, 5.74) is 6.06. The van der Waals surface area contributed by atoms with Crippen LogP contribution in [0.5, 0.6) is 0 Å². The fourth-order valence-corrected chi connectivity index (χ4v) is 1.33. The molecule has 0 aliphatic carbocycles. The Labute approximate surface area is 94.8 Å². The molecule has 1 unspecified atom stereocenters. The highest BCUT2D eigenvalue weighted by Crippen LogP contribution is 2.02. The monoisotopic (exact) mass is 224 g/mol. The second-order valence-corrected chi connectivity index (χ2v) is 3.88. The first-order valence-electron chi connectivity index (χ1n) is 5.39. The molecule has 0 aliphatic rings. The predicted octanol–water partition coefficient (Wildman–Crippen LogP) is 1.68. The molecule has 1 aromatic carbocycles. The molecule has 1 rings (SSSR count). The Balaban J connectivity index is 2.32. The highest BCUT2D eigenvalue weighted by molar-refractivity contribution is 5.94. The number of rotatable bonds is 5. The molecule has 1 atom stereocenters. The maximum atomic E-state index is 12.6. The van der Waals surface area contributed by atoms with Crippen LogP contribution in [0.3, 0.4) is 0 Å². The van der Waals surface area contributed by atoms with Gasteiger partial charge in [-0.15, -0.1) is 0 Å². The minimum absolute atomic E-state index is 0.155. The molecule has 1 amide bonds. The predicted molar refractivity (Wildman–Crippen MR) is 61.6 cm³/mol. The Kier molecular flexibility index (Phi) is 4.92. The van der Waals surface area contributed by atoms with E-state index in [4.69, 9.17) is 5.73 Å². The summed E-state index contributed by atoms with van der Waals surface area (Å²) in [5, 5.41) is 2.76. The van der Waals surface area contributed by atoms with Crippen molar-refractivity contribution in [3.05, 3.63) is 35.6 Å². The first-order chi connectivity index (χ1) is 7.59. The fourth-order valence-electron chi connectivity index (χ4n) is 1.33. The second kappa shape index (κ2) is 6.23. The quantitative estimate of drug-likeness (QED) is 0.748. The lowest BCUT2D eigenvalue weighted by Crippen LogP contribution is -2.26. The number of carbonyl (C=O) groups excluding carboxylic acids is 1. The average molecular weight is 224 g/mol. The van der Waals surface area contributed by atoms with E-state index in [9.17, 15) is 9.18 Å². The summed E-state index contributed by atoms with van der Waals surface area (Å²) in [6, 6.07) is 5.64. The van der Waals surface area contributed by atoms with Gasteiger partial charge in [-0.2, -0.15) is 0 Å². The lowest BCUT2D eigenvalue weighted by molar-refractivity contribution is 0.0952. The molecular weight excluding hydrogens is 207 g/mol. The van der Waals surface area contributed by atoms with E-state index < -0.39 is 0 Å². The van der Waals surface area contributed by atoms with Gasteiger partial charge in [0, 0.05) is 18.2 Å². The highest BCUT2D eigenvalue weighted by Gasteiger charge is 2.04. The Morgan fingerprint density at radius 3 is 2.62 bits per heavy atom. The van der Waals surface area contributed by atoms with Crippen molar-refractivity contribution in [1.29, 1.82) is 0 Å². The van der Waals surface area contributed by atoms with E-state index in [0.717, 1.165) is 12.8 Å². The third kappa shape index (κ3) is 4.40. The van der Waals surface area contributed by atoms with Gasteiger partial charge in [0.15, 0.2) is 0 Å². The van der Waals surface area contributed by atoms with Gasteiger partial charge in [-0.25, -0.2) is 4.39 Å². The Morgan fingerprint density at radius 2 is 2.06 bits per heavy atom. The number of nitrogens with one attached hydrogen (secondary N) is 1. The fraction of sp³-hybridized carbons (Fsp3) is 0.417. The summed E-state index contributed by atoms with van der Waals surface area (Å²) < 4.78 is 12.6. The van der Waals surface area contributed by atoms with Crippen LogP contribution in [0, 0.1) is 5.82 Å². The number of nitrogens with two attached hydrogens (primary N) is 1. The lowest BCUT2D eigenvalue weighted by Gasteiger charge is -2.06. The normalized spacial score (nSPS) is 12.2. The molecule has 1 aromatic rings. The molecule has 0 aliphatic heterocycles. The van der Waals surface area contributed by atoms with E-state index >= 15 is 0 Å². The number of carbonyl (C=O) groups is 1. The molecule has 0 saturated carbocycles. The van der Waals surface area contributed by atoms with Gasteiger partial charge in [0.25, 0.3) is 5.91 Å². The van der Waals surface area contributed by atoms with Crippen LogP contribution in [0.25, 0.3) is 0 Å². The van der Waals surface area contributed by atoms with Crippen LogP contribution in [0.2, 0.25) is 0 Å². The van der Waals surface area contributed by atoms with Crippen molar-refractivity contribution in [2.24, 2.45) is 5.73 Å². The van der Waals surface area contributed by atoms with Crippen LogP contribution < -0.4 is 11.1 Å². The van der Waals surface area contributed by atoms with Crippen molar-refractivity contribution in [2.45, 2.75) is 25.8 Å². The zero-order valence-electron chi connectivity index (χ0n) is 9.37. The number of benzene rings is 1. The van der Waals surface area contributed by atoms with Crippen molar-refractivity contribution >= 4 is 5.91 Å². The molecule has 16 heavy (non-hydrogen) atoms. The standard InChI is InChI=1S/C12H17FN2O/c1-9(14)3-2-8-15-12(16)10-4-6-11(13)7-5-10/h4-7,9H,2-3,8,14H2,1H3,(H,15,16). The van der Waals surface area contributed by atoms with Gasteiger partial charge < -0.3 is 11.1 Å². The zero-order valence-corrected chi connectivity index (χ0v) is 9.37. The van der Waals surface area contributed by atoms with Crippen molar-refractivity contribution in [3.63, 3.8) is 0 Å². The molecule has 0 radical (unpaired) electrons. The summed E-state index contributed by atoms with van der Waals surface area (Å²) in [5.74, 6) is -0.516. The zero-order chi connectivity index (χ0) is 12.0. The van der Waals surface area contributed by atoms with Crippen molar-refractivity contribution in [1.82, 2.24) is 5.32 Å². The molecule has 0 spiro atoms. The van der Waals surface area contributed by atoms with Gasteiger partial charge >= 0.3 is 0 Å². The van der Waals surface area contributed by atoms with Crippen LogP contribution in [-0.2, 0) is 0 Å². The molecule has 0 fully saturated rings. The first-order valence-corrected chi connectivity index (χ1v) is 5.39. The lowest BCUT2D eigenvalue weighted by atomic mass is 10.2. The average Bonchev–Trinajstić information content (AvgIpc) is 2.25. The largest absolute Gasteiger partial charge is 0.352 e. The summed E-state index contributed by atoms with van der Waals surface area (Å²) >= 11 is 0. The molecule has 0 heterocycles. The number of halogens is 1. The maximum Gasteiger partial charge on any atom is 0.251 e. The number of hydrogen-bond acceptors (Lipinski definition) is 2. The Morgan fingerprint density at radius 1 is 1.44 bits per heavy atom. The van der Waals surface area contributed by atoms with Crippen LogP contribution >= 0.6 is 0 Å². The molecule has 0 saturated heterocycles. The van der Waals surface area contributed by atoms with E-state index in [-0.39, 0.29) is 17.8 Å². The smallest absolute Gasteiger partial charge is 0.251 e. The molecule has 88 valence electrons. The summed E-state index contributed by atoms with van der Waals surface area (Å²) in [6.07, 6.45) is 1.73. The molecule has 0 bridgehead atoms. The summed E-state index contributed by atoms with van der Waals surface area (Å²) in [6.45, 7) is 2.53. The maximum absolute atomic E-state index is 12.6. The van der Waals surface area contributed by atoms with Gasteiger partial charge in [-0.1, -0.05) is 0 Å². The van der Waals surface area contributed by atoms with Crippen molar-refractivity contribution in [2.75, 3.05) is 6.54 Å². The molecule has 4 heteroatoms. The van der Waals surface area contributed by atoms with E-state index in [1.54, 1.807) is 0 Å². The van der Waals surface area contributed by atoms with Crippen LogP contribution in [0.4, 0.5) is 4.39 Å². The van der Waals surface area contributed by atoms with Gasteiger partial charge in [-0.05, 0) is 44.0 Å². The number of hydrogen-bond donors (Lipinski definition) is 2. The minimum atomic E-state index is -0.339. The van der Waals surface area contributed by atoms with Crippen molar-refractivity contribution < 1.29 is 9.18 Å². The topological polar surface area (TPSA) is 55.1 Å². The summed E-state index contributed by atoms with van der Waals surface area (Å²) in [7, 11) is 0.